The maximum atomic E-state index is 13.6. The topological polar surface area (TPSA) is 80.7 Å². The molecular weight excluding hydrogens is 317 g/mol. The molecule has 1 aromatic heterocycles. The Morgan fingerprint density at radius 1 is 1.37 bits per heavy atom. The van der Waals surface area contributed by atoms with E-state index in [9.17, 15) is 4.39 Å². The number of ether oxygens (including phenoxy) is 1. The molecule has 0 atom stereocenters. The lowest BCUT2D eigenvalue weighted by Gasteiger charge is -2.07. The highest BCUT2D eigenvalue weighted by Gasteiger charge is 2.07. The van der Waals surface area contributed by atoms with E-state index in [2.05, 4.69) is 26.1 Å². The summed E-state index contributed by atoms with van der Waals surface area (Å²) < 4.78 is 19.6. The third kappa shape index (κ3) is 3.19. The number of benzene rings is 1. The van der Waals surface area contributed by atoms with Gasteiger partial charge in [-0.3, -0.25) is 4.98 Å². The largest absolute Gasteiger partial charge is 0.454 e. The first-order valence-corrected chi connectivity index (χ1v) is 5.96. The van der Waals surface area contributed by atoms with Gasteiger partial charge in [-0.1, -0.05) is 21.1 Å². The van der Waals surface area contributed by atoms with E-state index in [4.69, 9.17) is 15.7 Å². The normalized spacial score (nSPS) is 11.4. The first-order chi connectivity index (χ1) is 9.10. The molecule has 3 N–H and O–H groups in total. The Morgan fingerprint density at radius 2 is 2.16 bits per heavy atom. The minimum atomic E-state index is -0.503. The van der Waals surface area contributed by atoms with Gasteiger partial charge in [-0.2, -0.15) is 0 Å². The Bertz CT molecular complexity index is 634. The maximum absolute atomic E-state index is 13.6. The summed E-state index contributed by atoms with van der Waals surface area (Å²) in [7, 11) is 0. The third-order valence-electron chi connectivity index (χ3n) is 2.22. The van der Waals surface area contributed by atoms with Gasteiger partial charge >= 0.3 is 0 Å². The minimum Gasteiger partial charge on any atom is -0.454 e. The van der Waals surface area contributed by atoms with Crippen molar-refractivity contribution in [3.8, 4) is 11.5 Å². The Morgan fingerprint density at radius 3 is 2.84 bits per heavy atom. The number of nitrogens with zero attached hydrogens (tertiary/aromatic N) is 2. The molecule has 0 bridgehead atoms. The van der Waals surface area contributed by atoms with Crippen molar-refractivity contribution in [3.05, 3.63) is 52.5 Å². The van der Waals surface area contributed by atoms with Gasteiger partial charge in [-0.15, -0.1) is 0 Å². The first kappa shape index (κ1) is 13.3. The molecule has 5 nitrogen and oxygen atoms in total. The predicted octanol–water partition coefficient (Wildman–Crippen LogP) is 2.87. The lowest BCUT2D eigenvalue weighted by Crippen LogP contribution is -2.14. The second kappa shape index (κ2) is 5.66. The summed E-state index contributed by atoms with van der Waals surface area (Å²) in [6, 6.07) is 7.42. The smallest absolute Gasteiger partial charge is 0.188 e. The SMILES string of the molecule is NC(=NO)c1cc(Oc2ccc(Br)cc2F)ccn1. The van der Waals surface area contributed by atoms with Gasteiger partial charge in [0, 0.05) is 16.7 Å². The summed E-state index contributed by atoms with van der Waals surface area (Å²) in [5, 5.41) is 11.4. The number of amidine groups is 1. The zero-order valence-electron chi connectivity index (χ0n) is 9.55. The van der Waals surface area contributed by atoms with E-state index in [1.54, 1.807) is 6.07 Å². The number of rotatable bonds is 3. The van der Waals surface area contributed by atoms with Crippen LogP contribution in [0.2, 0.25) is 0 Å². The fourth-order valence-electron chi connectivity index (χ4n) is 1.35. The van der Waals surface area contributed by atoms with Gasteiger partial charge in [0.2, 0.25) is 0 Å². The Labute approximate surface area is 116 Å². The monoisotopic (exact) mass is 325 g/mol. The van der Waals surface area contributed by atoms with Crippen LogP contribution in [-0.2, 0) is 0 Å². The predicted molar refractivity (Wildman–Crippen MR) is 70.9 cm³/mol. The van der Waals surface area contributed by atoms with Crippen LogP contribution in [0.25, 0.3) is 0 Å². The summed E-state index contributed by atoms with van der Waals surface area (Å²) in [4.78, 5) is 3.89. The van der Waals surface area contributed by atoms with Crippen molar-refractivity contribution >= 4 is 21.8 Å². The molecular formula is C12H9BrFN3O2. The second-order valence-electron chi connectivity index (χ2n) is 3.54. The van der Waals surface area contributed by atoms with Crippen molar-refractivity contribution in [1.29, 1.82) is 0 Å². The van der Waals surface area contributed by atoms with Crippen LogP contribution in [0, 0.1) is 5.82 Å². The number of oxime groups is 1. The van der Waals surface area contributed by atoms with Gasteiger partial charge in [-0.05, 0) is 24.3 Å². The highest BCUT2D eigenvalue weighted by atomic mass is 79.9. The summed E-state index contributed by atoms with van der Waals surface area (Å²) in [6.45, 7) is 0. The number of aromatic nitrogens is 1. The minimum absolute atomic E-state index is 0.0693. The zero-order chi connectivity index (χ0) is 13.8. The summed E-state index contributed by atoms with van der Waals surface area (Å²) >= 11 is 3.16. The third-order valence-corrected chi connectivity index (χ3v) is 2.72. The molecule has 0 radical (unpaired) electrons. The molecule has 0 amide bonds. The lowest BCUT2D eigenvalue weighted by molar-refractivity contribution is 0.318. The molecule has 2 aromatic rings. The van der Waals surface area contributed by atoms with Crippen molar-refractivity contribution < 1.29 is 14.3 Å². The van der Waals surface area contributed by atoms with Crippen LogP contribution in [0.3, 0.4) is 0 Å². The second-order valence-corrected chi connectivity index (χ2v) is 4.45. The van der Waals surface area contributed by atoms with Gasteiger partial charge in [0.25, 0.3) is 0 Å². The van der Waals surface area contributed by atoms with E-state index < -0.39 is 5.82 Å². The van der Waals surface area contributed by atoms with Crippen molar-refractivity contribution in [2.24, 2.45) is 10.9 Å². The highest BCUT2D eigenvalue weighted by molar-refractivity contribution is 9.10. The number of pyridine rings is 1. The fraction of sp³-hybridized carbons (Fsp3) is 0. The van der Waals surface area contributed by atoms with Crippen LogP contribution >= 0.6 is 15.9 Å². The fourth-order valence-corrected chi connectivity index (χ4v) is 1.68. The van der Waals surface area contributed by atoms with Gasteiger partial charge in [-0.25, -0.2) is 4.39 Å². The lowest BCUT2D eigenvalue weighted by atomic mass is 10.3. The van der Waals surface area contributed by atoms with E-state index in [1.165, 1.54) is 30.5 Å². The first-order valence-electron chi connectivity index (χ1n) is 5.17. The summed E-state index contributed by atoms with van der Waals surface area (Å²) in [5.41, 5.74) is 5.64. The molecule has 0 unspecified atom stereocenters. The van der Waals surface area contributed by atoms with Crippen LogP contribution in [0.4, 0.5) is 4.39 Å². The van der Waals surface area contributed by atoms with Gasteiger partial charge in [0.05, 0.1) is 0 Å². The van der Waals surface area contributed by atoms with E-state index in [1.807, 2.05) is 0 Å². The average molecular weight is 326 g/mol. The molecule has 19 heavy (non-hydrogen) atoms. The van der Waals surface area contributed by atoms with Gasteiger partial charge in [0.1, 0.15) is 11.4 Å². The van der Waals surface area contributed by atoms with Crippen molar-refractivity contribution in [1.82, 2.24) is 4.98 Å². The Kier molecular flexibility index (Phi) is 3.96. The maximum Gasteiger partial charge on any atom is 0.188 e. The van der Waals surface area contributed by atoms with Gasteiger partial charge in [0.15, 0.2) is 17.4 Å². The number of nitrogens with two attached hydrogens (primary N) is 1. The molecule has 7 heteroatoms. The van der Waals surface area contributed by atoms with Crippen molar-refractivity contribution in [2.75, 3.05) is 0 Å². The molecule has 0 spiro atoms. The molecule has 0 aliphatic heterocycles. The summed E-state index contributed by atoms with van der Waals surface area (Å²) in [6.07, 6.45) is 1.42. The van der Waals surface area contributed by atoms with Crippen LogP contribution in [0.5, 0.6) is 11.5 Å². The van der Waals surface area contributed by atoms with Crippen LogP contribution in [-0.4, -0.2) is 16.0 Å². The van der Waals surface area contributed by atoms with Crippen LogP contribution < -0.4 is 10.5 Å². The molecule has 0 aliphatic rings. The molecule has 0 fully saturated rings. The zero-order valence-corrected chi connectivity index (χ0v) is 11.1. The van der Waals surface area contributed by atoms with E-state index >= 15 is 0 Å². The van der Waals surface area contributed by atoms with E-state index in [0.29, 0.717) is 10.2 Å². The molecule has 0 aliphatic carbocycles. The van der Waals surface area contributed by atoms with Crippen LogP contribution in [0.1, 0.15) is 5.69 Å². The molecule has 2 rings (SSSR count). The standard InChI is InChI=1S/C12H9BrFN3O2/c13-7-1-2-11(9(14)5-7)19-8-3-4-16-10(6-8)12(15)17-18/h1-6,18H,(H2,15,17). The molecule has 0 saturated carbocycles. The van der Waals surface area contributed by atoms with E-state index in [0.717, 1.165) is 0 Å². The summed E-state index contributed by atoms with van der Waals surface area (Å²) in [5.74, 6) is -0.254. The van der Waals surface area contributed by atoms with E-state index in [-0.39, 0.29) is 17.3 Å². The van der Waals surface area contributed by atoms with Crippen molar-refractivity contribution in [2.45, 2.75) is 0 Å². The number of hydrogen-bond donors (Lipinski definition) is 2. The Hall–Kier alpha value is -2.15. The highest BCUT2D eigenvalue weighted by Crippen LogP contribution is 2.26. The molecule has 1 aromatic carbocycles. The molecule has 0 saturated heterocycles. The molecule has 1 heterocycles. The number of hydrogen-bond acceptors (Lipinski definition) is 4. The van der Waals surface area contributed by atoms with Gasteiger partial charge < -0.3 is 15.7 Å². The molecule has 98 valence electrons. The number of halogens is 2. The average Bonchev–Trinajstić information content (AvgIpc) is 2.41. The Balaban J connectivity index is 2.28. The van der Waals surface area contributed by atoms with Crippen LogP contribution in [0.15, 0.2) is 46.2 Å². The quantitative estimate of drug-likeness (QED) is 0.393. The van der Waals surface area contributed by atoms with Crippen molar-refractivity contribution in [3.63, 3.8) is 0 Å².